The van der Waals surface area contributed by atoms with Crippen molar-refractivity contribution in [3.05, 3.63) is 29.8 Å². The number of amides is 2. The molecule has 0 saturated heterocycles. The molecule has 2 amide bonds. The molecule has 0 unspecified atom stereocenters. The second-order valence-electron chi connectivity index (χ2n) is 4.50. The van der Waals surface area contributed by atoms with Gasteiger partial charge in [0, 0.05) is 18.7 Å². The van der Waals surface area contributed by atoms with Crippen molar-refractivity contribution < 1.29 is 9.59 Å². The first-order valence-corrected chi connectivity index (χ1v) is 6.45. The zero-order valence-corrected chi connectivity index (χ0v) is 11.4. The van der Waals surface area contributed by atoms with Gasteiger partial charge in [0.1, 0.15) is 0 Å². The summed E-state index contributed by atoms with van der Waals surface area (Å²) in [7, 11) is 0. The predicted octanol–water partition coefficient (Wildman–Crippen LogP) is 1.39. The van der Waals surface area contributed by atoms with E-state index in [9.17, 15) is 9.59 Å². The Balaban J connectivity index is 2.47. The first-order valence-electron chi connectivity index (χ1n) is 6.45. The number of nitrogens with two attached hydrogens (primary N) is 1. The molecule has 4 N–H and O–H groups in total. The molecule has 0 aliphatic carbocycles. The number of carbonyl (C=O) groups excluding carboxylic acids is 2. The Morgan fingerprint density at radius 2 is 1.89 bits per heavy atom. The van der Waals surface area contributed by atoms with Gasteiger partial charge in [-0.1, -0.05) is 19.1 Å². The van der Waals surface area contributed by atoms with Gasteiger partial charge in [-0.3, -0.25) is 9.59 Å². The van der Waals surface area contributed by atoms with E-state index in [0.717, 1.165) is 17.7 Å². The second-order valence-corrected chi connectivity index (χ2v) is 4.50. The number of nitrogens with one attached hydrogen (secondary N) is 2. The van der Waals surface area contributed by atoms with Crippen molar-refractivity contribution in [3.63, 3.8) is 0 Å². The van der Waals surface area contributed by atoms with E-state index in [2.05, 4.69) is 10.6 Å². The van der Waals surface area contributed by atoms with Crippen LogP contribution in [0.5, 0.6) is 0 Å². The topological polar surface area (TPSA) is 84.2 Å². The van der Waals surface area contributed by atoms with E-state index >= 15 is 0 Å². The van der Waals surface area contributed by atoms with Gasteiger partial charge in [0.15, 0.2) is 0 Å². The van der Waals surface area contributed by atoms with Crippen LogP contribution in [0.25, 0.3) is 0 Å². The molecule has 1 aromatic carbocycles. The fourth-order valence-corrected chi connectivity index (χ4v) is 1.51. The Labute approximate surface area is 113 Å². The van der Waals surface area contributed by atoms with Gasteiger partial charge in [0.05, 0.1) is 6.04 Å². The summed E-state index contributed by atoms with van der Waals surface area (Å²) in [5.41, 5.74) is 7.17. The van der Waals surface area contributed by atoms with E-state index in [1.165, 1.54) is 0 Å². The Morgan fingerprint density at radius 1 is 1.26 bits per heavy atom. The van der Waals surface area contributed by atoms with E-state index in [-0.39, 0.29) is 11.8 Å². The molecule has 0 aliphatic rings. The van der Waals surface area contributed by atoms with Crippen molar-refractivity contribution in [2.24, 2.45) is 5.73 Å². The molecule has 5 heteroatoms. The maximum atomic E-state index is 11.4. The van der Waals surface area contributed by atoms with E-state index in [4.69, 9.17) is 5.73 Å². The third kappa shape index (κ3) is 5.52. The average Bonchev–Trinajstić information content (AvgIpc) is 2.37. The van der Waals surface area contributed by atoms with E-state index in [1.807, 2.05) is 31.2 Å². The number of anilines is 1. The number of carbonyl (C=O) groups is 2. The van der Waals surface area contributed by atoms with Crippen molar-refractivity contribution in [2.75, 3.05) is 5.32 Å². The summed E-state index contributed by atoms with van der Waals surface area (Å²) in [6.07, 6.45) is 1.35. The van der Waals surface area contributed by atoms with Gasteiger partial charge < -0.3 is 16.4 Å². The summed E-state index contributed by atoms with van der Waals surface area (Å²) in [4.78, 5) is 22.7. The summed E-state index contributed by atoms with van der Waals surface area (Å²) >= 11 is 0. The molecular formula is C14H21N3O2. The van der Waals surface area contributed by atoms with Crippen molar-refractivity contribution in [3.8, 4) is 0 Å². The number of hydrogen-bond donors (Lipinski definition) is 3. The Kier molecular flexibility index (Phi) is 6.02. The minimum atomic E-state index is -0.507. The van der Waals surface area contributed by atoms with Crippen LogP contribution in [0.2, 0.25) is 0 Å². The minimum Gasteiger partial charge on any atom is -0.351 e. The standard InChI is InChI=1S/C14H21N3O2/c1-3-4-13(18)17-12-7-5-11(6-8-12)9-16-14(19)10(2)15/h5-8,10H,3-4,9,15H2,1-2H3,(H,16,19)(H,17,18)/t10-/m1/s1. The van der Waals surface area contributed by atoms with Crippen LogP contribution in [0.15, 0.2) is 24.3 Å². The van der Waals surface area contributed by atoms with Crippen LogP contribution in [0.3, 0.4) is 0 Å². The molecule has 0 bridgehead atoms. The number of rotatable bonds is 6. The van der Waals surface area contributed by atoms with Crippen LogP contribution < -0.4 is 16.4 Å². The molecule has 0 saturated carbocycles. The largest absolute Gasteiger partial charge is 0.351 e. The van der Waals surface area contributed by atoms with Gasteiger partial charge >= 0.3 is 0 Å². The molecule has 1 aromatic rings. The molecule has 0 aromatic heterocycles. The van der Waals surface area contributed by atoms with Gasteiger partial charge in [-0.15, -0.1) is 0 Å². The third-order valence-corrected chi connectivity index (χ3v) is 2.60. The summed E-state index contributed by atoms with van der Waals surface area (Å²) < 4.78 is 0. The molecule has 0 radical (unpaired) electrons. The normalized spacial score (nSPS) is 11.7. The molecule has 0 aliphatic heterocycles. The quantitative estimate of drug-likeness (QED) is 0.725. The van der Waals surface area contributed by atoms with Crippen LogP contribution in [-0.2, 0) is 16.1 Å². The lowest BCUT2D eigenvalue weighted by Crippen LogP contribution is -2.37. The van der Waals surface area contributed by atoms with Gasteiger partial charge in [0.2, 0.25) is 11.8 Å². The molecule has 0 fully saturated rings. The highest BCUT2D eigenvalue weighted by molar-refractivity contribution is 5.90. The van der Waals surface area contributed by atoms with Gasteiger partial charge in [-0.2, -0.15) is 0 Å². The molecule has 1 atom stereocenters. The maximum Gasteiger partial charge on any atom is 0.236 e. The van der Waals surface area contributed by atoms with E-state index < -0.39 is 6.04 Å². The molecule has 0 spiro atoms. The van der Waals surface area contributed by atoms with Crippen molar-refractivity contribution in [2.45, 2.75) is 39.3 Å². The molecule has 19 heavy (non-hydrogen) atoms. The van der Waals surface area contributed by atoms with E-state index in [1.54, 1.807) is 6.92 Å². The average molecular weight is 263 g/mol. The first kappa shape index (κ1) is 15.2. The monoisotopic (exact) mass is 263 g/mol. The lowest BCUT2D eigenvalue weighted by atomic mass is 10.2. The Bertz CT molecular complexity index is 427. The molecule has 104 valence electrons. The molecular weight excluding hydrogens is 242 g/mol. The molecule has 5 nitrogen and oxygen atoms in total. The van der Waals surface area contributed by atoms with Crippen LogP contribution in [0, 0.1) is 0 Å². The van der Waals surface area contributed by atoms with Crippen molar-refractivity contribution >= 4 is 17.5 Å². The number of hydrogen-bond acceptors (Lipinski definition) is 3. The Hall–Kier alpha value is -1.88. The zero-order valence-electron chi connectivity index (χ0n) is 11.4. The minimum absolute atomic E-state index is 0.0144. The highest BCUT2D eigenvalue weighted by Gasteiger charge is 2.06. The smallest absolute Gasteiger partial charge is 0.236 e. The SMILES string of the molecule is CCCC(=O)Nc1ccc(CNC(=O)[C@@H](C)N)cc1. The zero-order chi connectivity index (χ0) is 14.3. The van der Waals surface area contributed by atoms with Crippen LogP contribution in [0.4, 0.5) is 5.69 Å². The van der Waals surface area contributed by atoms with Crippen LogP contribution in [0.1, 0.15) is 32.3 Å². The fourth-order valence-electron chi connectivity index (χ4n) is 1.51. The van der Waals surface area contributed by atoms with Gasteiger partial charge in [-0.25, -0.2) is 0 Å². The molecule has 0 heterocycles. The van der Waals surface area contributed by atoms with Crippen molar-refractivity contribution in [1.82, 2.24) is 5.32 Å². The summed E-state index contributed by atoms with van der Waals surface area (Å²) in [5.74, 6) is -0.166. The van der Waals surface area contributed by atoms with Crippen LogP contribution in [-0.4, -0.2) is 17.9 Å². The predicted molar refractivity (Wildman–Crippen MR) is 75.5 cm³/mol. The third-order valence-electron chi connectivity index (χ3n) is 2.60. The van der Waals surface area contributed by atoms with Gasteiger partial charge in [-0.05, 0) is 31.0 Å². The summed E-state index contributed by atoms with van der Waals surface area (Å²) in [5, 5.41) is 5.53. The fraction of sp³-hybridized carbons (Fsp3) is 0.429. The summed E-state index contributed by atoms with van der Waals surface area (Å²) in [6, 6.07) is 6.86. The second kappa shape index (κ2) is 7.53. The lowest BCUT2D eigenvalue weighted by molar-refractivity contribution is -0.122. The van der Waals surface area contributed by atoms with E-state index in [0.29, 0.717) is 13.0 Å². The van der Waals surface area contributed by atoms with Crippen LogP contribution >= 0.6 is 0 Å². The highest BCUT2D eigenvalue weighted by Crippen LogP contribution is 2.10. The number of benzene rings is 1. The summed E-state index contributed by atoms with van der Waals surface area (Å²) in [6.45, 7) is 4.04. The highest BCUT2D eigenvalue weighted by atomic mass is 16.2. The van der Waals surface area contributed by atoms with Gasteiger partial charge in [0.25, 0.3) is 0 Å². The van der Waals surface area contributed by atoms with Crippen molar-refractivity contribution in [1.29, 1.82) is 0 Å². The lowest BCUT2D eigenvalue weighted by Gasteiger charge is -2.09. The molecule has 1 rings (SSSR count). The first-order chi connectivity index (χ1) is 9.02. The maximum absolute atomic E-state index is 11.4. The Morgan fingerprint density at radius 3 is 2.42 bits per heavy atom.